The maximum atomic E-state index is 14.2. The Hall–Kier alpha value is -2.49. The minimum atomic E-state index is -4.68. The molecule has 220 valence electrons. The second kappa shape index (κ2) is 11.4. The fourth-order valence-electron chi connectivity index (χ4n) is 7.05. The van der Waals surface area contributed by atoms with Gasteiger partial charge in [-0.15, -0.1) is 0 Å². The zero-order valence-electron chi connectivity index (χ0n) is 22.5. The molecule has 2 aromatic rings. The molecule has 0 N–H and O–H groups in total. The van der Waals surface area contributed by atoms with Crippen molar-refractivity contribution in [2.45, 2.75) is 94.7 Å². The Balaban J connectivity index is 1.29. The molecular weight excluding hydrogens is 536 g/mol. The first-order valence-electron chi connectivity index (χ1n) is 14.1. The van der Waals surface area contributed by atoms with Gasteiger partial charge in [-0.25, -0.2) is 0 Å². The third-order valence-electron chi connectivity index (χ3n) is 9.08. The van der Waals surface area contributed by atoms with Crippen LogP contribution in [0.15, 0.2) is 30.3 Å². The van der Waals surface area contributed by atoms with E-state index in [-0.39, 0.29) is 48.7 Å². The van der Waals surface area contributed by atoms with Gasteiger partial charge in [0.05, 0.1) is 25.0 Å². The molecule has 0 radical (unpaired) electrons. The molecule has 10 heteroatoms. The molecule has 2 heterocycles. The Kier molecular flexibility index (Phi) is 8.28. The summed E-state index contributed by atoms with van der Waals surface area (Å²) >= 11 is 0. The number of carbonyl (C=O) groups excluding carboxylic acids is 1. The average Bonchev–Trinajstić information content (AvgIpc) is 2.89. The van der Waals surface area contributed by atoms with Crippen molar-refractivity contribution in [1.82, 2.24) is 4.90 Å². The van der Waals surface area contributed by atoms with Crippen LogP contribution in [0, 0.1) is 11.8 Å². The summed E-state index contributed by atoms with van der Waals surface area (Å²) in [6, 6.07) is 8.48. The van der Waals surface area contributed by atoms with Crippen molar-refractivity contribution in [1.29, 1.82) is 0 Å². The van der Waals surface area contributed by atoms with E-state index in [1.54, 1.807) is 18.2 Å². The fraction of sp³-hybridized carbons (Fsp3) is 0.633. The van der Waals surface area contributed by atoms with E-state index in [1.807, 2.05) is 0 Å². The molecule has 0 spiro atoms. The summed E-state index contributed by atoms with van der Waals surface area (Å²) in [5.74, 6) is -1.98. The van der Waals surface area contributed by atoms with Crippen LogP contribution in [-0.4, -0.2) is 48.9 Å². The molecule has 3 fully saturated rings. The third-order valence-corrected chi connectivity index (χ3v) is 9.08. The van der Waals surface area contributed by atoms with Gasteiger partial charge in [-0.3, -0.25) is 9.69 Å². The summed E-state index contributed by atoms with van der Waals surface area (Å²) < 4.78 is 92.3. The van der Waals surface area contributed by atoms with Crippen LogP contribution in [-0.2, 0) is 22.1 Å². The lowest BCUT2D eigenvalue weighted by Gasteiger charge is -2.48. The Bertz CT molecular complexity index is 1190. The predicted octanol–water partition coefficient (Wildman–Crippen LogP) is 7.71. The number of alkyl halides is 6. The van der Waals surface area contributed by atoms with Crippen molar-refractivity contribution in [2.24, 2.45) is 11.8 Å². The van der Waals surface area contributed by atoms with E-state index in [0.717, 1.165) is 44.2 Å². The maximum absolute atomic E-state index is 14.2. The molecule has 1 saturated carbocycles. The highest BCUT2D eigenvalue weighted by molar-refractivity contribution is 5.89. The number of hydrogen-bond acceptors (Lipinski definition) is 4. The highest BCUT2D eigenvalue weighted by Gasteiger charge is 2.43. The van der Waals surface area contributed by atoms with E-state index in [1.165, 1.54) is 19.2 Å². The average molecular weight is 572 g/mol. The number of benzene rings is 2. The van der Waals surface area contributed by atoms with Crippen LogP contribution in [0.3, 0.4) is 0 Å². The summed E-state index contributed by atoms with van der Waals surface area (Å²) in [5.41, 5.74) is 0.0434. The van der Waals surface area contributed by atoms with Crippen LogP contribution in [0.4, 0.5) is 26.3 Å². The number of rotatable bonds is 6. The lowest BCUT2D eigenvalue weighted by atomic mass is 9.78. The summed E-state index contributed by atoms with van der Waals surface area (Å²) in [6.45, 7) is 0.767. The number of nitrogens with zero attached hydrogens (tertiary/aromatic N) is 1. The van der Waals surface area contributed by atoms with Gasteiger partial charge >= 0.3 is 18.3 Å². The zero-order valence-corrected chi connectivity index (χ0v) is 22.5. The van der Waals surface area contributed by atoms with E-state index >= 15 is 0 Å². The molecule has 2 atom stereocenters. The standard InChI is InChI=1S/C30H35F6NO3/c1-39-28(38)20-16-22-3-2-4-23(17-20)37(22)14-13-18-5-11-25-19(15-18)6-12-26(27(25)30(34,35)36)40-24-9-7-21(8-10-24)29(31,32)33/h5-6,11-12,15,20-24H,2-4,7-10,13-14,16-17H2,1H3. The SMILES string of the molecule is COC(=O)C1CC2CCCC(C1)N2CCc1ccc2c(C(F)(F)F)c(OC3CCC(C(F)(F)F)CC3)ccc2c1. The van der Waals surface area contributed by atoms with Crippen molar-refractivity contribution in [3.8, 4) is 5.75 Å². The molecule has 2 saturated heterocycles. The second-order valence-corrected chi connectivity index (χ2v) is 11.5. The minimum absolute atomic E-state index is 0.0217. The van der Waals surface area contributed by atoms with E-state index in [0.29, 0.717) is 23.9 Å². The first-order chi connectivity index (χ1) is 18.9. The van der Waals surface area contributed by atoms with Crippen molar-refractivity contribution in [3.63, 3.8) is 0 Å². The second-order valence-electron chi connectivity index (χ2n) is 11.5. The molecule has 0 amide bonds. The van der Waals surface area contributed by atoms with Gasteiger partial charge in [-0.1, -0.05) is 30.7 Å². The van der Waals surface area contributed by atoms with Gasteiger partial charge in [-0.2, -0.15) is 26.3 Å². The number of fused-ring (bicyclic) bond motifs is 3. The van der Waals surface area contributed by atoms with Crippen LogP contribution in [0.1, 0.15) is 68.9 Å². The first-order valence-corrected chi connectivity index (χ1v) is 14.1. The highest BCUT2D eigenvalue weighted by Crippen LogP contribution is 2.44. The van der Waals surface area contributed by atoms with Gasteiger partial charge in [0.1, 0.15) is 11.3 Å². The topological polar surface area (TPSA) is 38.8 Å². The number of piperidine rings is 2. The number of methoxy groups -OCH3 is 1. The summed E-state index contributed by atoms with van der Waals surface area (Å²) in [7, 11) is 1.42. The maximum Gasteiger partial charge on any atom is 0.420 e. The van der Waals surface area contributed by atoms with Crippen LogP contribution in [0.5, 0.6) is 5.75 Å². The van der Waals surface area contributed by atoms with Crippen molar-refractivity contribution >= 4 is 16.7 Å². The number of halogens is 6. The van der Waals surface area contributed by atoms with Gasteiger partial charge in [0, 0.05) is 18.6 Å². The van der Waals surface area contributed by atoms with Crippen LogP contribution < -0.4 is 4.74 Å². The molecule has 3 aliphatic rings. The molecule has 2 aromatic carbocycles. The summed E-state index contributed by atoms with van der Waals surface area (Å²) in [4.78, 5) is 14.6. The monoisotopic (exact) mass is 571 g/mol. The van der Waals surface area contributed by atoms with E-state index < -0.39 is 29.9 Å². The highest BCUT2D eigenvalue weighted by atomic mass is 19.4. The molecular formula is C30H35F6NO3. The Morgan fingerprint density at radius 1 is 0.925 bits per heavy atom. The van der Waals surface area contributed by atoms with Crippen molar-refractivity contribution in [3.05, 3.63) is 41.5 Å². The lowest BCUT2D eigenvalue weighted by Crippen LogP contribution is -2.53. The fourth-order valence-corrected chi connectivity index (χ4v) is 7.05. The van der Waals surface area contributed by atoms with Gasteiger partial charge in [0.25, 0.3) is 0 Å². The molecule has 1 aliphatic carbocycles. The molecule has 5 rings (SSSR count). The van der Waals surface area contributed by atoms with Gasteiger partial charge < -0.3 is 9.47 Å². The summed E-state index contributed by atoms with van der Waals surface area (Å²) in [5, 5.41) is 0.469. The van der Waals surface area contributed by atoms with E-state index in [9.17, 15) is 31.1 Å². The molecule has 2 aliphatic heterocycles. The predicted molar refractivity (Wildman–Crippen MR) is 138 cm³/mol. The number of hydrogen-bond donors (Lipinski definition) is 0. The van der Waals surface area contributed by atoms with Crippen molar-refractivity contribution < 1.29 is 40.6 Å². The third kappa shape index (κ3) is 6.21. The Morgan fingerprint density at radius 2 is 1.60 bits per heavy atom. The van der Waals surface area contributed by atoms with Crippen LogP contribution >= 0.6 is 0 Å². The molecule has 2 unspecified atom stereocenters. The Morgan fingerprint density at radius 3 is 2.20 bits per heavy atom. The molecule has 4 nitrogen and oxygen atoms in total. The lowest BCUT2D eigenvalue weighted by molar-refractivity contribution is -0.185. The number of ether oxygens (including phenoxy) is 2. The van der Waals surface area contributed by atoms with Gasteiger partial charge in [0.15, 0.2) is 0 Å². The quantitative estimate of drug-likeness (QED) is 0.263. The van der Waals surface area contributed by atoms with Gasteiger partial charge in [-0.05, 0) is 80.2 Å². The smallest absolute Gasteiger partial charge is 0.420 e. The zero-order chi connectivity index (χ0) is 28.7. The molecule has 0 aromatic heterocycles. The first kappa shape index (κ1) is 29.0. The van der Waals surface area contributed by atoms with Gasteiger partial charge in [0.2, 0.25) is 0 Å². The summed E-state index contributed by atoms with van der Waals surface area (Å²) in [6.07, 6.45) is -4.40. The van der Waals surface area contributed by atoms with Crippen LogP contribution in [0.25, 0.3) is 10.8 Å². The Labute approximate surface area is 230 Å². The number of esters is 1. The van der Waals surface area contributed by atoms with Crippen LogP contribution in [0.2, 0.25) is 0 Å². The van der Waals surface area contributed by atoms with Crippen molar-refractivity contribution in [2.75, 3.05) is 13.7 Å². The normalized spacial score (nSPS) is 27.9. The van der Waals surface area contributed by atoms with E-state index in [4.69, 9.17) is 9.47 Å². The largest absolute Gasteiger partial charge is 0.490 e. The molecule has 40 heavy (non-hydrogen) atoms. The van der Waals surface area contributed by atoms with E-state index in [2.05, 4.69) is 4.90 Å². The minimum Gasteiger partial charge on any atom is -0.490 e. The molecule has 2 bridgehead atoms. The number of carbonyl (C=O) groups is 1.